The fourth-order valence-corrected chi connectivity index (χ4v) is 3.41. The third-order valence-electron chi connectivity index (χ3n) is 4.49. The second kappa shape index (κ2) is 9.97. The van der Waals surface area contributed by atoms with Gasteiger partial charge in [-0.3, -0.25) is 4.79 Å². The summed E-state index contributed by atoms with van der Waals surface area (Å²) in [6.45, 7) is 0.127. The van der Waals surface area contributed by atoms with Gasteiger partial charge in [0.1, 0.15) is 16.5 Å². The van der Waals surface area contributed by atoms with Crippen molar-refractivity contribution in [2.24, 2.45) is 0 Å². The molecule has 8 nitrogen and oxygen atoms in total. The summed E-state index contributed by atoms with van der Waals surface area (Å²) in [5.74, 6) is 1.91. The Labute approximate surface area is 189 Å². The Hall–Kier alpha value is -3.85. The molecule has 162 valence electrons. The van der Waals surface area contributed by atoms with Crippen molar-refractivity contribution in [1.29, 1.82) is 0 Å². The van der Waals surface area contributed by atoms with Crippen LogP contribution in [0.5, 0.6) is 11.5 Å². The molecule has 2 aromatic carbocycles. The average Bonchev–Trinajstić information content (AvgIpc) is 3.32. The molecule has 4 rings (SSSR count). The van der Waals surface area contributed by atoms with Gasteiger partial charge in [0.05, 0.1) is 12.7 Å². The molecule has 0 bridgehead atoms. The molecule has 2 aromatic heterocycles. The molecule has 9 heteroatoms. The number of hydrogen-bond donors (Lipinski definition) is 1. The number of benzene rings is 2. The maximum Gasteiger partial charge on any atom is 0.258 e. The van der Waals surface area contributed by atoms with Gasteiger partial charge in [-0.15, -0.1) is 22.0 Å². The monoisotopic (exact) mass is 448 g/mol. The highest BCUT2D eigenvalue weighted by Crippen LogP contribution is 2.23. The predicted octanol–water partition coefficient (Wildman–Crippen LogP) is 4.69. The van der Waals surface area contributed by atoms with Gasteiger partial charge in [0.25, 0.3) is 11.8 Å². The Balaban J connectivity index is 1.34. The summed E-state index contributed by atoms with van der Waals surface area (Å²) in [5.41, 5.74) is 1.98. The predicted molar refractivity (Wildman–Crippen MR) is 121 cm³/mol. The lowest BCUT2D eigenvalue weighted by atomic mass is 10.2. The lowest BCUT2D eigenvalue weighted by Gasteiger charge is -2.09. The molecule has 0 spiro atoms. The standard InChI is InChI=1S/C23H20N4O4S/c1-29-17-9-5-15(6-10-17)22-27-26-20(31-22)14-30-18-11-7-16(8-12-18)25-21(28)19-4-3-13-24-23(19)32-2/h3-13H,14H2,1-2H3,(H,25,28). The second-order valence-electron chi connectivity index (χ2n) is 6.56. The number of pyridine rings is 1. The number of anilines is 1. The van der Waals surface area contributed by atoms with Crippen LogP contribution in [0, 0.1) is 0 Å². The number of carbonyl (C=O) groups excluding carboxylic acids is 1. The average molecular weight is 449 g/mol. The summed E-state index contributed by atoms with van der Waals surface area (Å²) in [5, 5.41) is 11.6. The first-order valence-electron chi connectivity index (χ1n) is 9.66. The highest BCUT2D eigenvalue weighted by atomic mass is 32.2. The molecule has 2 heterocycles. The SMILES string of the molecule is COc1ccc(-c2nnc(COc3ccc(NC(=O)c4cccnc4SC)cc3)o2)cc1. The van der Waals surface area contributed by atoms with E-state index in [9.17, 15) is 4.79 Å². The number of ether oxygens (including phenoxy) is 2. The maximum absolute atomic E-state index is 12.5. The third-order valence-corrected chi connectivity index (χ3v) is 5.20. The highest BCUT2D eigenvalue weighted by molar-refractivity contribution is 7.98. The number of nitrogens with zero attached hydrogens (tertiary/aromatic N) is 3. The van der Waals surface area contributed by atoms with E-state index in [-0.39, 0.29) is 12.5 Å². The highest BCUT2D eigenvalue weighted by Gasteiger charge is 2.12. The normalized spacial score (nSPS) is 10.6. The first-order chi connectivity index (χ1) is 15.7. The zero-order valence-electron chi connectivity index (χ0n) is 17.4. The van der Waals surface area contributed by atoms with Crippen molar-refractivity contribution in [2.45, 2.75) is 11.6 Å². The number of rotatable bonds is 8. The lowest BCUT2D eigenvalue weighted by molar-refractivity contribution is 0.102. The van der Waals surface area contributed by atoms with Crippen LogP contribution in [0.15, 0.2) is 76.3 Å². The molecule has 0 unspecified atom stereocenters. The first-order valence-corrected chi connectivity index (χ1v) is 10.9. The molecule has 0 aliphatic rings. The van der Waals surface area contributed by atoms with Gasteiger partial charge < -0.3 is 19.2 Å². The fourth-order valence-electron chi connectivity index (χ4n) is 2.87. The minimum absolute atomic E-state index is 0.127. The lowest BCUT2D eigenvalue weighted by Crippen LogP contribution is -2.13. The summed E-state index contributed by atoms with van der Waals surface area (Å²) in [4.78, 5) is 16.7. The van der Waals surface area contributed by atoms with Crippen LogP contribution < -0.4 is 14.8 Å². The molecule has 0 fully saturated rings. The van der Waals surface area contributed by atoms with E-state index in [0.717, 1.165) is 11.3 Å². The summed E-state index contributed by atoms with van der Waals surface area (Å²) in [6.07, 6.45) is 3.55. The van der Waals surface area contributed by atoms with Crippen LogP contribution in [-0.4, -0.2) is 34.5 Å². The fraction of sp³-hybridized carbons (Fsp3) is 0.130. The van der Waals surface area contributed by atoms with Gasteiger partial charge in [0, 0.05) is 17.4 Å². The molecule has 32 heavy (non-hydrogen) atoms. The van der Waals surface area contributed by atoms with E-state index in [1.165, 1.54) is 11.8 Å². The van der Waals surface area contributed by atoms with Crippen LogP contribution in [0.25, 0.3) is 11.5 Å². The van der Waals surface area contributed by atoms with E-state index in [0.29, 0.717) is 33.8 Å². The van der Waals surface area contributed by atoms with E-state index < -0.39 is 0 Å². The van der Waals surface area contributed by atoms with Crippen molar-refractivity contribution in [3.8, 4) is 23.0 Å². The molecular formula is C23H20N4O4S. The molecule has 0 aliphatic heterocycles. The van der Waals surface area contributed by atoms with E-state index >= 15 is 0 Å². The van der Waals surface area contributed by atoms with Crippen LogP contribution in [0.1, 0.15) is 16.2 Å². The van der Waals surface area contributed by atoms with E-state index in [1.807, 2.05) is 30.5 Å². The number of aromatic nitrogens is 3. The zero-order valence-corrected chi connectivity index (χ0v) is 18.3. The number of carbonyl (C=O) groups is 1. The van der Waals surface area contributed by atoms with Crippen molar-refractivity contribution >= 4 is 23.4 Å². The van der Waals surface area contributed by atoms with Crippen LogP contribution in [-0.2, 0) is 6.61 Å². The van der Waals surface area contributed by atoms with Crippen molar-refractivity contribution < 1.29 is 18.7 Å². The molecule has 1 amide bonds. The molecule has 1 N–H and O–H groups in total. The minimum Gasteiger partial charge on any atom is -0.497 e. The van der Waals surface area contributed by atoms with Gasteiger partial charge in [-0.1, -0.05) is 0 Å². The van der Waals surface area contributed by atoms with Crippen LogP contribution in [0.4, 0.5) is 5.69 Å². The van der Waals surface area contributed by atoms with Crippen molar-refractivity contribution in [2.75, 3.05) is 18.7 Å². The van der Waals surface area contributed by atoms with Crippen LogP contribution >= 0.6 is 11.8 Å². The van der Waals surface area contributed by atoms with Gasteiger partial charge >= 0.3 is 0 Å². The Kier molecular flexibility index (Phi) is 6.66. The number of amides is 1. The van der Waals surface area contributed by atoms with Crippen LogP contribution in [0.3, 0.4) is 0 Å². The number of methoxy groups -OCH3 is 1. The Morgan fingerprint density at radius 2 is 1.78 bits per heavy atom. The number of thioether (sulfide) groups is 1. The summed E-state index contributed by atoms with van der Waals surface area (Å²) >= 11 is 1.43. The van der Waals surface area contributed by atoms with Gasteiger partial charge in [0.2, 0.25) is 5.89 Å². The Morgan fingerprint density at radius 1 is 1.03 bits per heavy atom. The Morgan fingerprint density at radius 3 is 2.50 bits per heavy atom. The maximum atomic E-state index is 12.5. The number of hydrogen-bond acceptors (Lipinski definition) is 8. The topological polar surface area (TPSA) is 99.4 Å². The van der Waals surface area contributed by atoms with Crippen molar-refractivity contribution in [3.63, 3.8) is 0 Å². The van der Waals surface area contributed by atoms with Gasteiger partial charge in [0.15, 0.2) is 6.61 Å². The third kappa shape index (κ3) is 5.06. The molecule has 0 atom stereocenters. The van der Waals surface area contributed by atoms with Gasteiger partial charge in [-0.25, -0.2) is 4.98 Å². The smallest absolute Gasteiger partial charge is 0.258 e. The van der Waals surface area contributed by atoms with E-state index in [1.54, 1.807) is 49.7 Å². The van der Waals surface area contributed by atoms with Crippen molar-refractivity contribution in [3.05, 3.63) is 78.3 Å². The summed E-state index contributed by atoms with van der Waals surface area (Å²) in [7, 11) is 1.61. The molecule has 0 aliphatic carbocycles. The second-order valence-corrected chi connectivity index (χ2v) is 7.35. The largest absolute Gasteiger partial charge is 0.497 e. The number of nitrogens with one attached hydrogen (secondary N) is 1. The van der Waals surface area contributed by atoms with Crippen LogP contribution in [0.2, 0.25) is 0 Å². The van der Waals surface area contributed by atoms with Crippen molar-refractivity contribution in [1.82, 2.24) is 15.2 Å². The quantitative estimate of drug-likeness (QED) is 0.388. The van der Waals surface area contributed by atoms with E-state index in [2.05, 4.69) is 20.5 Å². The van der Waals surface area contributed by atoms with Gasteiger partial charge in [-0.05, 0) is 66.9 Å². The van der Waals surface area contributed by atoms with Gasteiger partial charge in [-0.2, -0.15) is 0 Å². The molecule has 0 saturated carbocycles. The Bertz CT molecular complexity index is 1190. The summed E-state index contributed by atoms with van der Waals surface area (Å²) < 4.78 is 16.5. The minimum atomic E-state index is -0.215. The molecular weight excluding hydrogens is 428 g/mol. The first kappa shape index (κ1) is 21.4. The zero-order chi connectivity index (χ0) is 22.3. The molecule has 0 radical (unpaired) electrons. The molecule has 4 aromatic rings. The summed E-state index contributed by atoms with van der Waals surface area (Å²) in [6, 6.07) is 17.9. The van der Waals surface area contributed by atoms with E-state index in [4.69, 9.17) is 13.9 Å². The molecule has 0 saturated heterocycles.